The molecule has 0 aliphatic carbocycles. The van der Waals surface area contributed by atoms with Gasteiger partial charge in [-0.25, -0.2) is 4.68 Å². The molecule has 1 aromatic carbocycles. The molecule has 1 N–H and O–H groups in total. The predicted octanol–water partition coefficient (Wildman–Crippen LogP) is 2.85. The van der Waals surface area contributed by atoms with Crippen LogP contribution in [0.4, 0.5) is 11.5 Å². The molecule has 3 rings (SSSR count). The summed E-state index contributed by atoms with van der Waals surface area (Å²) in [6.45, 7) is 6.83. The predicted molar refractivity (Wildman–Crippen MR) is 100 cm³/mol. The van der Waals surface area contributed by atoms with E-state index < -0.39 is 4.92 Å². The van der Waals surface area contributed by atoms with Crippen LogP contribution in [0.15, 0.2) is 30.3 Å². The summed E-state index contributed by atoms with van der Waals surface area (Å²) in [5.74, 6) is 0.182. The van der Waals surface area contributed by atoms with Gasteiger partial charge < -0.3 is 5.32 Å². The van der Waals surface area contributed by atoms with E-state index in [1.807, 2.05) is 38.1 Å². The zero-order valence-electron chi connectivity index (χ0n) is 15.6. The molecule has 9 heteroatoms. The van der Waals surface area contributed by atoms with Gasteiger partial charge in [0.25, 0.3) is 0 Å². The van der Waals surface area contributed by atoms with Gasteiger partial charge in [0.2, 0.25) is 5.91 Å². The SMILES string of the molecule is Cc1ccc(-n2nc(C)cc2NC(=O)Cn2nc(C)c([N+](=O)[O-])c2C)cc1. The second kappa shape index (κ2) is 7.02. The number of aryl methyl sites for hydroxylation is 3. The smallest absolute Gasteiger partial charge is 0.309 e. The zero-order valence-corrected chi connectivity index (χ0v) is 15.6. The lowest BCUT2D eigenvalue weighted by atomic mass is 10.2. The first-order valence-electron chi connectivity index (χ1n) is 8.38. The number of carbonyl (C=O) groups is 1. The van der Waals surface area contributed by atoms with E-state index >= 15 is 0 Å². The standard InChI is InChI=1S/C18H20N6O3/c1-11-5-7-15(8-6-11)23-16(9-12(2)20-23)19-17(25)10-22-14(4)18(24(26)27)13(3)21-22/h5-9H,10H2,1-4H3,(H,19,25). The molecule has 140 valence electrons. The van der Waals surface area contributed by atoms with Gasteiger partial charge in [0.1, 0.15) is 23.8 Å². The lowest BCUT2D eigenvalue weighted by Crippen LogP contribution is -2.22. The second-order valence-corrected chi connectivity index (χ2v) is 6.40. The Morgan fingerprint density at radius 2 is 1.81 bits per heavy atom. The number of rotatable bonds is 5. The number of hydrogen-bond donors (Lipinski definition) is 1. The molecule has 0 saturated carbocycles. The number of carbonyl (C=O) groups excluding carboxylic acids is 1. The van der Waals surface area contributed by atoms with Crippen molar-refractivity contribution in [2.75, 3.05) is 5.32 Å². The molecule has 0 saturated heterocycles. The molecule has 0 aliphatic rings. The van der Waals surface area contributed by atoms with E-state index in [4.69, 9.17) is 0 Å². The quantitative estimate of drug-likeness (QED) is 0.550. The average molecular weight is 368 g/mol. The fourth-order valence-electron chi connectivity index (χ4n) is 2.90. The Balaban J connectivity index is 1.82. The fraction of sp³-hybridized carbons (Fsp3) is 0.278. The Kier molecular flexibility index (Phi) is 4.76. The van der Waals surface area contributed by atoms with Crippen molar-refractivity contribution in [1.29, 1.82) is 0 Å². The van der Waals surface area contributed by atoms with Crippen LogP contribution in [-0.4, -0.2) is 30.4 Å². The number of anilines is 1. The summed E-state index contributed by atoms with van der Waals surface area (Å²) in [7, 11) is 0. The van der Waals surface area contributed by atoms with Crippen molar-refractivity contribution < 1.29 is 9.72 Å². The first-order valence-corrected chi connectivity index (χ1v) is 8.38. The summed E-state index contributed by atoms with van der Waals surface area (Å²) in [6.07, 6.45) is 0. The Hall–Kier alpha value is -3.49. The van der Waals surface area contributed by atoms with Crippen molar-refractivity contribution in [3.8, 4) is 5.69 Å². The maximum atomic E-state index is 12.5. The number of nitrogens with zero attached hydrogens (tertiary/aromatic N) is 5. The Morgan fingerprint density at radius 1 is 1.15 bits per heavy atom. The number of aromatic nitrogens is 4. The van der Waals surface area contributed by atoms with Gasteiger partial charge in [0, 0.05) is 6.07 Å². The summed E-state index contributed by atoms with van der Waals surface area (Å²) in [5.41, 5.74) is 3.27. The molecule has 0 spiro atoms. The van der Waals surface area contributed by atoms with Gasteiger partial charge in [0.05, 0.1) is 16.3 Å². The van der Waals surface area contributed by atoms with Crippen molar-refractivity contribution in [3.05, 3.63) is 63.1 Å². The number of benzene rings is 1. The van der Waals surface area contributed by atoms with E-state index in [1.54, 1.807) is 24.6 Å². The summed E-state index contributed by atoms with van der Waals surface area (Å²) in [4.78, 5) is 23.1. The third kappa shape index (κ3) is 3.71. The summed E-state index contributed by atoms with van der Waals surface area (Å²) in [6, 6.07) is 9.53. The Bertz CT molecular complexity index is 1020. The van der Waals surface area contributed by atoms with Crippen LogP contribution in [0.25, 0.3) is 5.69 Å². The third-order valence-electron chi connectivity index (χ3n) is 4.20. The molecule has 3 aromatic rings. The topological polar surface area (TPSA) is 108 Å². The average Bonchev–Trinajstić information content (AvgIpc) is 3.07. The van der Waals surface area contributed by atoms with Gasteiger partial charge in [-0.1, -0.05) is 17.7 Å². The maximum Gasteiger partial charge on any atom is 0.312 e. The highest BCUT2D eigenvalue weighted by atomic mass is 16.6. The fourth-order valence-corrected chi connectivity index (χ4v) is 2.90. The molecule has 0 fully saturated rings. The highest BCUT2D eigenvalue weighted by molar-refractivity contribution is 5.90. The molecule has 0 bridgehead atoms. The van der Waals surface area contributed by atoms with Crippen LogP contribution in [0.1, 0.15) is 22.6 Å². The van der Waals surface area contributed by atoms with Crippen LogP contribution in [0.5, 0.6) is 0 Å². The van der Waals surface area contributed by atoms with Crippen LogP contribution in [0.2, 0.25) is 0 Å². The van der Waals surface area contributed by atoms with Crippen LogP contribution < -0.4 is 5.32 Å². The van der Waals surface area contributed by atoms with Gasteiger partial charge in [0.15, 0.2) is 0 Å². The minimum Gasteiger partial charge on any atom is -0.309 e. The van der Waals surface area contributed by atoms with Gasteiger partial charge in [-0.05, 0) is 39.8 Å². The van der Waals surface area contributed by atoms with E-state index in [2.05, 4.69) is 15.5 Å². The molecule has 1 amide bonds. The van der Waals surface area contributed by atoms with Gasteiger partial charge in [-0.3, -0.25) is 19.6 Å². The van der Waals surface area contributed by atoms with E-state index in [9.17, 15) is 14.9 Å². The summed E-state index contributed by atoms with van der Waals surface area (Å²) >= 11 is 0. The zero-order chi connectivity index (χ0) is 19.7. The van der Waals surface area contributed by atoms with E-state index in [1.165, 1.54) is 4.68 Å². The monoisotopic (exact) mass is 368 g/mol. The van der Waals surface area contributed by atoms with Crippen LogP contribution >= 0.6 is 0 Å². The lowest BCUT2D eigenvalue weighted by molar-refractivity contribution is -0.386. The second-order valence-electron chi connectivity index (χ2n) is 6.40. The first-order chi connectivity index (χ1) is 12.8. The number of nitrogens with one attached hydrogen (secondary N) is 1. The van der Waals surface area contributed by atoms with Crippen molar-refractivity contribution in [1.82, 2.24) is 19.6 Å². The highest BCUT2D eigenvalue weighted by Crippen LogP contribution is 2.22. The van der Waals surface area contributed by atoms with Crippen LogP contribution in [-0.2, 0) is 11.3 Å². The molecule has 2 heterocycles. The van der Waals surface area contributed by atoms with Crippen molar-refractivity contribution in [3.63, 3.8) is 0 Å². The molecule has 9 nitrogen and oxygen atoms in total. The number of hydrogen-bond acceptors (Lipinski definition) is 5. The minimum absolute atomic E-state index is 0.0664. The van der Waals surface area contributed by atoms with Crippen molar-refractivity contribution in [2.45, 2.75) is 34.2 Å². The van der Waals surface area contributed by atoms with E-state index in [0.717, 1.165) is 16.9 Å². The van der Waals surface area contributed by atoms with Crippen molar-refractivity contribution in [2.24, 2.45) is 0 Å². The largest absolute Gasteiger partial charge is 0.312 e. The first kappa shape index (κ1) is 18.3. The summed E-state index contributed by atoms with van der Waals surface area (Å²) in [5, 5.41) is 22.4. The molecular formula is C18H20N6O3. The number of nitro groups is 1. The highest BCUT2D eigenvalue weighted by Gasteiger charge is 2.23. The Labute approximate surface area is 155 Å². The molecule has 0 atom stereocenters. The van der Waals surface area contributed by atoms with Gasteiger partial charge in [-0.2, -0.15) is 10.2 Å². The molecule has 0 aliphatic heterocycles. The van der Waals surface area contributed by atoms with Gasteiger partial charge >= 0.3 is 5.69 Å². The molecule has 0 radical (unpaired) electrons. The van der Waals surface area contributed by atoms with Gasteiger partial charge in [-0.15, -0.1) is 0 Å². The molecule has 2 aromatic heterocycles. The third-order valence-corrected chi connectivity index (χ3v) is 4.20. The molecule has 27 heavy (non-hydrogen) atoms. The number of amides is 1. The van der Waals surface area contributed by atoms with Crippen LogP contribution in [0, 0.1) is 37.8 Å². The van der Waals surface area contributed by atoms with Crippen molar-refractivity contribution >= 4 is 17.4 Å². The molecule has 0 unspecified atom stereocenters. The normalized spacial score (nSPS) is 10.8. The minimum atomic E-state index is -0.484. The van der Waals surface area contributed by atoms with E-state index in [-0.39, 0.29) is 23.8 Å². The Morgan fingerprint density at radius 3 is 2.41 bits per heavy atom. The van der Waals surface area contributed by atoms with E-state index in [0.29, 0.717) is 11.5 Å². The van der Waals surface area contributed by atoms with Crippen LogP contribution in [0.3, 0.4) is 0 Å². The summed E-state index contributed by atoms with van der Waals surface area (Å²) < 4.78 is 2.98. The lowest BCUT2D eigenvalue weighted by Gasteiger charge is -2.10. The molecular weight excluding hydrogens is 348 g/mol. The maximum absolute atomic E-state index is 12.5.